The zero-order valence-corrected chi connectivity index (χ0v) is 22.2. The number of benzene rings is 1. The summed E-state index contributed by atoms with van der Waals surface area (Å²) < 4.78 is 69.7. The smallest absolute Gasteiger partial charge is 0.406 e. The van der Waals surface area contributed by atoms with Gasteiger partial charge in [-0.3, -0.25) is 4.79 Å². The Morgan fingerprint density at radius 3 is 2.44 bits per heavy atom. The highest BCUT2D eigenvalue weighted by Gasteiger charge is 2.40. The number of ether oxygens (including phenoxy) is 1. The molecular formula is C26H30F3N5O4S. The van der Waals surface area contributed by atoms with Gasteiger partial charge in [0.2, 0.25) is 15.9 Å². The highest BCUT2D eigenvalue weighted by molar-refractivity contribution is 7.89. The van der Waals surface area contributed by atoms with Crippen LogP contribution in [-0.2, 0) is 14.8 Å². The van der Waals surface area contributed by atoms with Crippen LogP contribution in [0.3, 0.4) is 0 Å². The predicted octanol–water partition coefficient (Wildman–Crippen LogP) is 3.82. The summed E-state index contributed by atoms with van der Waals surface area (Å²) in [4.78, 5) is 23.1. The van der Waals surface area contributed by atoms with Gasteiger partial charge in [-0.25, -0.2) is 18.4 Å². The van der Waals surface area contributed by atoms with E-state index in [-0.39, 0.29) is 31.1 Å². The van der Waals surface area contributed by atoms with E-state index >= 15 is 0 Å². The summed E-state index contributed by atoms with van der Waals surface area (Å²) in [5.41, 5.74) is 2.41. The molecule has 1 N–H and O–H groups in total. The van der Waals surface area contributed by atoms with Gasteiger partial charge in [0, 0.05) is 32.4 Å². The van der Waals surface area contributed by atoms with Crippen LogP contribution in [0, 0.1) is 0 Å². The van der Waals surface area contributed by atoms with E-state index in [1.165, 1.54) is 11.9 Å². The zero-order chi connectivity index (χ0) is 28.0. The fourth-order valence-electron chi connectivity index (χ4n) is 4.61. The molecule has 2 aliphatic rings. The monoisotopic (exact) mass is 565 g/mol. The van der Waals surface area contributed by atoms with E-state index in [1.807, 2.05) is 6.08 Å². The Bertz CT molecular complexity index is 1320. The molecule has 1 aromatic heterocycles. The number of nitrogens with one attached hydrogen (secondary N) is 1. The van der Waals surface area contributed by atoms with Crippen LogP contribution in [0.1, 0.15) is 32.6 Å². The van der Waals surface area contributed by atoms with Crippen molar-refractivity contribution >= 4 is 21.7 Å². The first-order valence-corrected chi connectivity index (χ1v) is 14.0. The number of aromatic nitrogens is 2. The standard InChI is InChI=1S/C26H30F3N5O4S/c1-2-3-19-4-6-20(7-5-19)16-31-25(35)23-17-33(24-12-13-30-18-32-24)14-15-34(23)39(36,37)22-10-8-21(9-11-22)38-26(27,28)29/h4,6,8-13,18,23H,2-3,5,7,14-17H2,1H3,(H,31,35)/t23-/m1/s1. The van der Waals surface area contributed by atoms with Gasteiger partial charge in [0.1, 0.15) is 23.9 Å². The molecule has 0 unspecified atom stereocenters. The summed E-state index contributed by atoms with van der Waals surface area (Å²) in [5, 5.41) is 2.88. The van der Waals surface area contributed by atoms with Crippen LogP contribution < -0.4 is 15.0 Å². The number of carbonyl (C=O) groups is 1. The Balaban J connectivity index is 1.54. The van der Waals surface area contributed by atoms with Crippen molar-refractivity contribution in [2.24, 2.45) is 0 Å². The number of alkyl halides is 3. The Labute approximate surface area is 225 Å². The van der Waals surface area contributed by atoms with E-state index in [4.69, 9.17) is 0 Å². The van der Waals surface area contributed by atoms with Gasteiger partial charge < -0.3 is 15.0 Å². The topological polar surface area (TPSA) is 105 Å². The number of anilines is 1. The SMILES string of the molecule is CCCC1=CC=C(CNC(=O)[C@H]2CN(c3ccncn3)CCN2S(=O)(=O)c2ccc(OC(F)(F)F)cc2)CC1. The molecule has 39 heavy (non-hydrogen) atoms. The molecule has 4 rings (SSSR count). The second-order valence-corrected chi connectivity index (χ2v) is 11.2. The molecular weight excluding hydrogens is 535 g/mol. The number of halogens is 3. The molecule has 1 amide bonds. The Morgan fingerprint density at radius 2 is 1.82 bits per heavy atom. The van der Waals surface area contributed by atoms with Crippen LogP contribution in [-0.4, -0.2) is 67.2 Å². The first kappa shape index (κ1) is 28.6. The molecule has 1 saturated heterocycles. The number of piperazine rings is 1. The van der Waals surface area contributed by atoms with Gasteiger partial charge in [-0.15, -0.1) is 13.2 Å². The van der Waals surface area contributed by atoms with Gasteiger partial charge >= 0.3 is 6.36 Å². The van der Waals surface area contributed by atoms with Crippen LogP contribution in [0.2, 0.25) is 0 Å². The number of sulfonamides is 1. The maximum Gasteiger partial charge on any atom is 0.573 e. The Morgan fingerprint density at radius 1 is 1.10 bits per heavy atom. The second kappa shape index (κ2) is 12.2. The quantitative estimate of drug-likeness (QED) is 0.493. The summed E-state index contributed by atoms with van der Waals surface area (Å²) in [5.74, 6) is -0.461. The molecule has 2 heterocycles. The van der Waals surface area contributed by atoms with Crippen molar-refractivity contribution in [1.29, 1.82) is 0 Å². The fraction of sp³-hybridized carbons (Fsp3) is 0.423. The van der Waals surface area contributed by atoms with E-state index in [0.717, 1.165) is 59.8 Å². The molecule has 1 fully saturated rings. The van der Waals surface area contributed by atoms with Crippen molar-refractivity contribution in [2.75, 3.05) is 31.1 Å². The number of rotatable bonds is 9. The average Bonchev–Trinajstić information content (AvgIpc) is 2.92. The number of carbonyl (C=O) groups excluding carboxylic acids is 1. The number of amides is 1. The number of hydrogen-bond donors (Lipinski definition) is 1. The minimum absolute atomic E-state index is 0.0307. The van der Waals surface area contributed by atoms with Gasteiger partial charge in [0.05, 0.1) is 4.90 Å². The highest BCUT2D eigenvalue weighted by Crippen LogP contribution is 2.28. The van der Waals surface area contributed by atoms with Crippen LogP contribution in [0.5, 0.6) is 5.75 Å². The number of nitrogens with zero attached hydrogens (tertiary/aromatic N) is 4. The lowest BCUT2D eigenvalue weighted by Crippen LogP contribution is -2.60. The lowest BCUT2D eigenvalue weighted by atomic mass is 9.95. The number of hydrogen-bond acceptors (Lipinski definition) is 7. The largest absolute Gasteiger partial charge is 0.573 e. The van der Waals surface area contributed by atoms with E-state index in [9.17, 15) is 26.4 Å². The van der Waals surface area contributed by atoms with Crippen molar-refractivity contribution < 1.29 is 31.1 Å². The Hall–Kier alpha value is -3.45. The summed E-state index contributed by atoms with van der Waals surface area (Å²) in [6.07, 6.45) is 5.95. The van der Waals surface area contributed by atoms with Crippen LogP contribution in [0.4, 0.5) is 19.0 Å². The van der Waals surface area contributed by atoms with Crippen molar-refractivity contribution in [2.45, 2.75) is 49.9 Å². The predicted molar refractivity (Wildman–Crippen MR) is 138 cm³/mol. The van der Waals surface area contributed by atoms with Gasteiger partial charge in [-0.05, 0) is 49.6 Å². The molecule has 0 bridgehead atoms. The summed E-state index contributed by atoms with van der Waals surface area (Å²) in [7, 11) is -4.23. The minimum atomic E-state index is -4.90. The minimum Gasteiger partial charge on any atom is -0.406 e. The molecule has 13 heteroatoms. The normalized spacial score (nSPS) is 18.8. The van der Waals surface area contributed by atoms with Gasteiger partial charge in [0.25, 0.3) is 0 Å². The van der Waals surface area contributed by atoms with Crippen LogP contribution in [0.25, 0.3) is 0 Å². The lowest BCUT2D eigenvalue weighted by Gasteiger charge is -2.40. The van der Waals surface area contributed by atoms with E-state index in [2.05, 4.69) is 33.0 Å². The van der Waals surface area contributed by atoms with Gasteiger partial charge in [-0.2, -0.15) is 4.31 Å². The first-order chi connectivity index (χ1) is 18.6. The third kappa shape index (κ3) is 7.35. The van der Waals surface area contributed by atoms with Gasteiger partial charge in [0.15, 0.2) is 0 Å². The molecule has 1 aliphatic carbocycles. The molecule has 0 spiro atoms. The maximum atomic E-state index is 13.6. The average molecular weight is 566 g/mol. The molecule has 0 radical (unpaired) electrons. The maximum absolute atomic E-state index is 13.6. The van der Waals surface area contributed by atoms with Crippen molar-refractivity contribution in [1.82, 2.24) is 19.6 Å². The molecule has 1 atom stereocenters. The molecule has 2 aromatic rings. The van der Waals surface area contributed by atoms with E-state index < -0.39 is 34.1 Å². The zero-order valence-electron chi connectivity index (χ0n) is 21.4. The third-order valence-corrected chi connectivity index (χ3v) is 8.49. The molecule has 9 nitrogen and oxygen atoms in total. The lowest BCUT2D eigenvalue weighted by molar-refractivity contribution is -0.274. The van der Waals surface area contributed by atoms with Gasteiger partial charge in [-0.1, -0.05) is 36.6 Å². The Kier molecular flexibility index (Phi) is 8.90. The van der Waals surface area contributed by atoms with Crippen LogP contribution in [0.15, 0.2) is 71.0 Å². The highest BCUT2D eigenvalue weighted by atomic mass is 32.2. The summed E-state index contributed by atoms with van der Waals surface area (Å²) >= 11 is 0. The molecule has 0 saturated carbocycles. The molecule has 1 aliphatic heterocycles. The van der Waals surface area contributed by atoms with Crippen molar-refractivity contribution in [3.05, 3.63) is 66.2 Å². The van der Waals surface area contributed by atoms with E-state index in [1.54, 1.807) is 17.2 Å². The van der Waals surface area contributed by atoms with E-state index in [0.29, 0.717) is 5.82 Å². The first-order valence-electron chi connectivity index (χ1n) is 12.6. The molecule has 210 valence electrons. The second-order valence-electron chi connectivity index (χ2n) is 9.28. The molecule has 1 aromatic carbocycles. The summed E-state index contributed by atoms with van der Waals surface area (Å²) in [6.45, 7) is 2.68. The fourth-order valence-corrected chi connectivity index (χ4v) is 6.18. The van der Waals surface area contributed by atoms with Crippen LogP contribution >= 0.6 is 0 Å². The number of allylic oxidation sites excluding steroid dienone is 3. The van der Waals surface area contributed by atoms with Crippen molar-refractivity contribution in [3.8, 4) is 5.75 Å². The third-order valence-electron chi connectivity index (χ3n) is 6.57. The van der Waals surface area contributed by atoms with Crippen molar-refractivity contribution in [3.63, 3.8) is 0 Å². The summed E-state index contributed by atoms with van der Waals surface area (Å²) in [6, 6.07) is 4.52.